The lowest BCUT2D eigenvalue weighted by atomic mass is 9.96. The van der Waals surface area contributed by atoms with E-state index >= 15 is 0 Å². The average molecular weight is 1630 g/mol. The minimum absolute atomic E-state index is 0.251. The number of allylic oxidation sites excluding steroid dienone is 1. The van der Waals surface area contributed by atoms with Crippen LogP contribution in [0.2, 0.25) is 0 Å². The van der Waals surface area contributed by atoms with Crippen molar-refractivity contribution in [3.8, 4) is 0 Å². The van der Waals surface area contributed by atoms with Gasteiger partial charge in [0, 0.05) is 6.42 Å². The van der Waals surface area contributed by atoms with Gasteiger partial charge in [-0.2, -0.15) is 0 Å². The highest BCUT2D eigenvalue weighted by Gasteiger charge is 2.54. The zero-order chi connectivity index (χ0) is 82.4. The van der Waals surface area contributed by atoms with Gasteiger partial charge in [-0.05, 0) is 19.3 Å². The molecule has 0 radical (unpaired) electrons. The number of carbonyl (C=O) groups is 1. The van der Waals surface area contributed by atoms with Gasteiger partial charge in [0.15, 0.2) is 18.9 Å². The summed E-state index contributed by atoms with van der Waals surface area (Å²) in [4.78, 5) is 13.5. The smallest absolute Gasteiger partial charge is 0.220 e. The predicted octanol–water partition coefficient (Wildman–Crippen LogP) is 19.8. The van der Waals surface area contributed by atoms with Crippen LogP contribution in [0.15, 0.2) is 12.2 Å². The lowest BCUT2D eigenvalue weighted by molar-refractivity contribution is -0.379. The molecule has 0 aromatic heterocycles. The van der Waals surface area contributed by atoms with Crippen LogP contribution >= 0.6 is 0 Å². The molecule has 0 saturated carbocycles. The minimum Gasteiger partial charge on any atom is -0.394 e. The summed E-state index contributed by atoms with van der Waals surface area (Å²) >= 11 is 0. The molecule has 1 amide bonds. The summed E-state index contributed by atoms with van der Waals surface area (Å²) in [5.41, 5.74) is 0. The first kappa shape index (κ1) is 107. The monoisotopic (exact) mass is 1630 g/mol. The summed E-state index contributed by atoms with van der Waals surface area (Å²) in [6.07, 6.45) is 68.3. The van der Waals surface area contributed by atoms with Crippen molar-refractivity contribution in [3.05, 3.63) is 12.2 Å². The summed E-state index contributed by atoms with van der Waals surface area (Å²) in [6, 6.07) is -0.972. The highest BCUT2D eigenvalue weighted by Crippen LogP contribution is 2.34. The van der Waals surface area contributed by atoms with Crippen LogP contribution in [0.25, 0.3) is 0 Å². The molecule has 17 unspecified atom stereocenters. The Bertz CT molecular complexity index is 2100. The van der Waals surface area contributed by atoms with Crippen molar-refractivity contribution in [2.24, 2.45) is 0 Å². The van der Waals surface area contributed by atoms with Crippen LogP contribution in [-0.2, 0) is 33.2 Å². The van der Waals surface area contributed by atoms with E-state index in [1.807, 2.05) is 6.08 Å². The molecule has 0 aromatic carbocycles. The van der Waals surface area contributed by atoms with Crippen molar-refractivity contribution in [1.29, 1.82) is 0 Å². The molecule has 0 spiro atoms. The van der Waals surface area contributed by atoms with Crippen molar-refractivity contribution in [2.75, 3.05) is 26.4 Å². The molecule has 676 valence electrons. The number of aliphatic hydroxyl groups excluding tert-OH is 11. The third-order valence-corrected chi connectivity index (χ3v) is 24.8. The molecule has 114 heavy (non-hydrogen) atoms. The summed E-state index contributed by atoms with van der Waals surface area (Å²) < 4.78 is 34.6. The van der Waals surface area contributed by atoms with E-state index in [4.69, 9.17) is 28.4 Å². The molecule has 19 nitrogen and oxygen atoms in total. The van der Waals surface area contributed by atoms with Gasteiger partial charge in [-0.15, -0.1) is 0 Å². The van der Waals surface area contributed by atoms with E-state index < -0.39 is 124 Å². The van der Waals surface area contributed by atoms with E-state index in [-0.39, 0.29) is 18.9 Å². The Morgan fingerprint density at radius 3 is 0.825 bits per heavy atom. The highest BCUT2D eigenvalue weighted by molar-refractivity contribution is 5.76. The average Bonchev–Trinajstić information content (AvgIpc) is 0.784. The zero-order valence-electron chi connectivity index (χ0n) is 73.4. The Hall–Kier alpha value is -1.47. The molecule has 19 heteroatoms. The normalized spacial score (nSPS) is 24.7. The van der Waals surface area contributed by atoms with Gasteiger partial charge in [-0.1, -0.05) is 443 Å². The summed E-state index contributed by atoms with van der Waals surface area (Å²) in [6.45, 7) is 1.83. The number of rotatable bonds is 82. The van der Waals surface area contributed by atoms with Crippen LogP contribution in [0.4, 0.5) is 0 Å². The maximum atomic E-state index is 13.5. The molecule has 3 aliphatic rings. The Kier molecular flexibility index (Phi) is 70.5. The minimum atomic E-state index is -1.98. The van der Waals surface area contributed by atoms with Gasteiger partial charge in [-0.3, -0.25) is 4.79 Å². The van der Waals surface area contributed by atoms with E-state index in [1.165, 1.54) is 385 Å². The van der Waals surface area contributed by atoms with Gasteiger partial charge in [0.25, 0.3) is 0 Å². The molecule has 3 fully saturated rings. The van der Waals surface area contributed by atoms with Crippen molar-refractivity contribution in [1.82, 2.24) is 5.32 Å². The lowest BCUT2D eigenvalue weighted by Crippen LogP contribution is -2.66. The lowest BCUT2D eigenvalue weighted by Gasteiger charge is -2.48. The van der Waals surface area contributed by atoms with Gasteiger partial charge in [0.05, 0.1) is 38.6 Å². The van der Waals surface area contributed by atoms with Crippen molar-refractivity contribution < 1.29 is 89.4 Å². The molecule has 17 atom stereocenters. The standard InChI is InChI=1S/C95H183NO18/c1-3-5-7-9-11-13-15-17-19-21-23-25-27-29-31-33-35-36-37-38-39-40-41-42-43-45-47-49-51-53-55-57-59-61-63-65-67-69-71-73-83(101)96-78(79(100)72-70-68-66-64-62-60-58-56-54-52-50-48-46-44-34-32-30-28-26-24-22-20-18-16-14-12-10-8-6-4-2)77-109-93-89(107)86(104)91(81(75-98)111-93)114-95-90(108)87(105)92(82(76-99)112-95)113-94-88(106)85(103)84(102)80(74-97)110-94/h70,72,78-82,84-95,97-100,102-108H,3-69,71,73-77H2,1-2H3,(H,96,101)/b72-70+. The van der Waals surface area contributed by atoms with Gasteiger partial charge >= 0.3 is 0 Å². The second-order valence-electron chi connectivity index (χ2n) is 35.3. The molecule has 12 N–H and O–H groups in total. The van der Waals surface area contributed by atoms with Gasteiger partial charge in [-0.25, -0.2) is 0 Å². The van der Waals surface area contributed by atoms with Crippen LogP contribution in [0.1, 0.15) is 457 Å². The van der Waals surface area contributed by atoms with Crippen LogP contribution in [0, 0.1) is 0 Å². The van der Waals surface area contributed by atoms with Crippen molar-refractivity contribution >= 4 is 5.91 Å². The number of hydrogen-bond donors (Lipinski definition) is 12. The van der Waals surface area contributed by atoms with E-state index in [1.54, 1.807) is 6.08 Å². The maximum Gasteiger partial charge on any atom is 0.220 e. The first-order valence-electron chi connectivity index (χ1n) is 48.9. The number of ether oxygens (including phenoxy) is 6. The van der Waals surface area contributed by atoms with Crippen LogP contribution in [-0.4, -0.2) is 193 Å². The molecule has 0 aliphatic carbocycles. The van der Waals surface area contributed by atoms with Crippen molar-refractivity contribution in [3.63, 3.8) is 0 Å². The summed E-state index contributed by atoms with van der Waals surface area (Å²) in [5.74, 6) is -0.263. The van der Waals surface area contributed by atoms with E-state index in [0.717, 1.165) is 44.9 Å². The van der Waals surface area contributed by atoms with E-state index in [2.05, 4.69) is 19.2 Å². The third kappa shape index (κ3) is 52.8. The fourth-order valence-corrected chi connectivity index (χ4v) is 17.1. The second-order valence-corrected chi connectivity index (χ2v) is 35.3. The van der Waals surface area contributed by atoms with Crippen LogP contribution < -0.4 is 5.32 Å². The topological polar surface area (TPSA) is 307 Å². The van der Waals surface area contributed by atoms with Gasteiger partial charge < -0.3 is 89.9 Å². The third-order valence-electron chi connectivity index (χ3n) is 24.8. The Morgan fingerprint density at radius 1 is 0.307 bits per heavy atom. The van der Waals surface area contributed by atoms with Gasteiger partial charge in [0.1, 0.15) is 73.2 Å². The second kappa shape index (κ2) is 75.3. The first-order chi connectivity index (χ1) is 55.8. The van der Waals surface area contributed by atoms with Crippen LogP contribution in [0.3, 0.4) is 0 Å². The molecule has 3 heterocycles. The fourth-order valence-electron chi connectivity index (χ4n) is 17.1. The molecule has 3 saturated heterocycles. The Labute approximate surface area is 696 Å². The Balaban J connectivity index is 1.28. The summed E-state index contributed by atoms with van der Waals surface area (Å²) in [7, 11) is 0. The number of carbonyl (C=O) groups excluding carboxylic acids is 1. The number of amides is 1. The van der Waals surface area contributed by atoms with E-state index in [0.29, 0.717) is 6.42 Å². The first-order valence-corrected chi connectivity index (χ1v) is 48.9. The van der Waals surface area contributed by atoms with Gasteiger partial charge in [0.2, 0.25) is 5.91 Å². The largest absolute Gasteiger partial charge is 0.394 e. The number of unbranched alkanes of at least 4 members (excludes halogenated alkanes) is 66. The number of nitrogens with one attached hydrogen (secondary N) is 1. The molecule has 3 rings (SSSR count). The zero-order valence-corrected chi connectivity index (χ0v) is 73.4. The molecule has 3 aliphatic heterocycles. The predicted molar refractivity (Wildman–Crippen MR) is 462 cm³/mol. The Morgan fingerprint density at radius 2 is 0.544 bits per heavy atom. The summed E-state index contributed by atoms with van der Waals surface area (Å²) in [5, 5.41) is 121. The number of aliphatic hydroxyl groups is 11. The highest BCUT2D eigenvalue weighted by atomic mass is 16.8. The molecule has 0 bridgehead atoms. The molecule has 0 aromatic rings. The van der Waals surface area contributed by atoms with Crippen molar-refractivity contribution in [2.45, 2.75) is 561 Å². The molecular formula is C95H183NO18. The van der Waals surface area contributed by atoms with Crippen LogP contribution in [0.5, 0.6) is 0 Å². The van der Waals surface area contributed by atoms with E-state index in [9.17, 15) is 61.0 Å². The SMILES string of the molecule is CCCCCCCCCCCCCCCCCCCCCCCCCCCCCC/C=C/C(O)C(COC1OC(CO)C(OC2OC(CO)C(OC3OC(CO)C(O)C(O)C3O)C(O)C2O)C(O)C1O)NC(=O)CCCCCCCCCCCCCCCCCCCCCCCCCCCCCCCCCCCCCCCCC. The molecular weight excluding hydrogens is 1440 g/mol. The fraction of sp³-hybridized carbons (Fsp3) is 0.968. The number of hydrogen-bond acceptors (Lipinski definition) is 18. The maximum absolute atomic E-state index is 13.5. The quantitative estimate of drug-likeness (QED) is 0.0199.